The van der Waals surface area contributed by atoms with Crippen LogP contribution in [-0.4, -0.2) is 37.7 Å². The average molecular weight is 389 g/mol. The number of halogens is 1. The molecule has 24 heavy (non-hydrogen) atoms. The van der Waals surface area contributed by atoms with Crippen LogP contribution in [0.2, 0.25) is 0 Å². The molecule has 3 rings (SSSR count). The monoisotopic (exact) mass is 388 g/mol. The maximum absolute atomic E-state index is 2.54. The van der Waals surface area contributed by atoms with Crippen LogP contribution in [-0.2, 0) is 6.54 Å². The standard InChI is InChI=1S/C21H29N2.BrH/c1-23(16-9-4-10-17-23)18-15-22(21-13-7-3-8-14-21)19-20-11-5-2-6-12-20;/h2-3,5-8,11-14H,4,9-10,15-19H2,1H3;1H/q+1;/p-1. The van der Waals surface area contributed by atoms with E-state index in [4.69, 9.17) is 0 Å². The average Bonchev–Trinajstić information content (AvgIpc) is 2.61. The van der Waals surface area contributed by atoms with Gasteiger partial charge in [-0.1, -0.05) is 48.5 Å². The number of likely N-dealkylation sites (tertiary alicyclic amines) is 1. The van der Waals surface area contributed by atoms with Crippen molar-refractivity contribution in [3.63, 3.8) is 0 Å². The number of nitrogens with zero attached hydrogens (tertiary/aromatic N) is 2. The third-order valence-corrected chi connectivity index (χ3v) is 5.14. The van der Waals surface area contributed by atoms with Crippen molar-refractivity contribution in [3.8, 4) is 0 Å². The number of quaternary nitrogens is 1. The van der Waals surface area contributed by atoms with Gasteiger partial charge in [0, 0.05) is 12.2 Å². The Labute approximate surface area is 157 Å². The maximum Gasteiger partial charge on any atom is 0.0962 e. The first-order chi connectivity index (χ1) is 11.3. The molecular formula is C21H29BrN2. The van der Waals surface area contributed by atoms with Gasteiger partial charge in [-0.3, -0.25) is 0 Å². The van der Waals surface area contributed by atoms with Crippen LogP contribution < -0.4 is 21.9 Å². The minimum Gasteiger partial charge on any atom is -1.00 e. The minimum atomic E-state index is 0. The molecule has 1 saturated heterocycles. The van der Waals surface area contributed by atoms with Crippen molar-refractivity contribution in [2.45, 2.75) is 25.8 Å². The summed E-state index contributed by atoms with van der Waals surface area (Å²) in [6.07, 6.45) is 4.20. The Bertz CT molecular complexity index is 579. The van der Waals surface area contributed by atoms with Crippen molar-refractivity contribution in [3.05, 3.63) is 66.2 Å². The molecule has 0 N–H and O–H groups in total. The fraction of sp³-hybridized carbons (Fsp3) is 0.429. The molecule has 0 bridgehead atoms. The molecule has 1 heterocycles. The predicted octanol–water partition coefficient (Wildman–Crippen LogP) is 1.33. The summed E-state index contributed by atoms with van der Waals surface area (Å²) in [6.45, 7) is 6.03. The lowest BCUT2D eigenvalue weighted by atomic mass is 10.1. The fourth-order valence-electron chi connectivity index (χ4n) is 3.60. The molecule has 0 saturated carbocycles. The van der Waals surface area contributed by atoms with Crippen molar-refractivity contribution in [2.24, 2.45) is 0 Å². The molecular weight excluding hydrogens is 360 g/mol. The number of rotatable bonds is 6. The molecule has 1 fully saturated rings. The lowest BCUT2D eigenvalue weighted by Gasteiger charge is -2.39. The van der Waals surface area contributed by atoms with Crippen LogP contribution in [0, 0.1) is 0 Å². The summed E-state index contributed by atoms with van der Waals surface area (Å²) in [6, 6.07) is 21.7. The second-order valence-corrected chi connectivity index (χ2v) is 7.09. The van der Waals surface area contributed by atoms with E-state index < -0.39 is 0 Å². The van der Waals surface area contributed by atoms with E-state index in [0.29, 0.717) is 0 Å². The van der Waals surface area contributed by atoms with Crippen LogP contribution in [0.4, 0.5) is 5.69 Å². The first-order valence-electron chi connectivity index (χ1n) is 8.93. The van der Waals surface area contributed by atoms with Gasteiger partial charge >= 0.3 is 0 Å². The second kappa shape index (κ2) is 9.24. The predicted molar refractivity (Wildman–Crippen MR) is 98.6 cm³/mol. The molecule has 0 amide bonds. The largest absolute Gasteiger partial charge is 1.00 e. The van der Waals surface area contributed by atoms with E-state index in [2.05, 4.69) is 72.6 Å². The van der Waals surface area contributed by atoms with Gasteiger partial charge in [0.2, 0.25) is 0 Å². The van der Waals surface area contributed by atoms with Gasteiger partial charge in [0.15, 0.2) is 0 Å². The summed E-state index contributed by atoms with van der Waals surface area (Å²) >= 11 is 0. The Morgan fingerprint density at radius 1 is 0.833 bits per heavy atom. The van der Waals surface area contributed by atoms with E-state index in [-0.39, 0.29) is 17.0 Å². The van der Waals surface area contributed by atoms with Crippen LogP contribution in [0.5, 0.6) is 0 Å². The van der Waals surface area contributed by atoms with Crippen LogP contribution in [0.25, 0.3) is 0 Å². The Hall–Kier alpha value is -1.32. The Balaban J connectivity index is 0.00000208. The first kappa shape index (κ1) is 19.0. The molecule has 3 heteroatoms. The van der Waals surface area contributed by atoms with E-state index in [0.717, 1.165) is 13.1 Å². The lowest BCUT2D eigenvalue weighted by Crippen LogP contribution is -3.00. The zero-order valence-corrected chi connectivity index (χ0v) is 16.3. The quantitative estimate of drug-likeness (QED) is 0.674. The molecule has 0 atom stereocenters. The highest BCUT2D eigenvalue weighted by atomic mass is 79.9. The number of benzene rings is 2. The van der Waals surface area contributed by atoms with E-state index in [9.17, 15) is 0 Å². The van der Waals surface area contributed by atoms with Gasteiger partial charge in [-0.25, -0.2) is 0 Å². The molecule has 0 spiro atoms. The zero-order valence-electron chi connectivity index (χ0n) is 14.7. The molecule has 130 valence electrons. The SMILES string of the molecule is C[N+]1(CCN(Cc2ccccc2)c2ccccc2)CCCCC1.[Br-]. The van der Waals surface area contributed by atoms with Crippen LogP contribution in [0.15, 0.2) is 60.7 Å². The summed E-state index contributed by atoms with van der Waals surface area (Å²) in [5.74, 6) is 0. The van der Waals surface area contributed by atoms with Crippen LogP contribution in [0.1, 0.15) is 24.8 Å². The molecule has 0 aliphatic carbocycles. The summed E-state index contributed by atoms with van der Waals surface area (Å²) in [7, 11) is 2.44. The van der Waals surface area contributed by atoms with Gasteiger partial charge in [-0.15, -0.1) is 0 Å². The lowest BCUT2D eigenvalue weighted by molar-refractivity contribution is -0.912. The normalized spacial score (nSPS) is 16.2. The highest BCUT2D eigenvalue weighted by molar-refractivity contribution is 5.46. The van der Waals surface area contributed by atoms with E-state index >= 15 is 0 Å². The Morgan fingerprint density at radius 3 is 2.04 bits per heavy atom. The van der Waals surface area contributed by atoms with Gasteiger partial charge in [0.1, 0.15) is 0 Å². The maximum atomic E-state index is 2.54. The topological polar surface area (TPSA) is 3.24 Å². The molecule has 2 aromatic rings. The molecule has 1 aliphatic rings. The first-order valence-corrected chi connectivity index (χ1v) is 8.93. The van der Waals surface area contributed by atoms with E-state index in [1.54, 1.807) is 0 Å². The molecule has 0 aromatic heterocycles. The highest BCUT2D eigenvalue weighted by Gasteiger charge is 2.25. The van der Waals surface area contributed by atoms with Crippen molar-refractivity contribution < 1.29 is 21.5 Å². The van der Waals surface area contributed by atoms with Crippen LogP contribution >= 0.6 is 0 Å². The zero-order chi connectivity index (χ0) is 16.0. The second-order valence-electron chi connectivity index (χ2n) is 7.09. The van der Waals surface area contributed by atoms with E-state index in [1.807, 2.05) is 0 Å². The molecule has 1 aliphatic heterocycles. The Morgan fingerprint density at radius 2 is 1.42 bits per heavy atom. The van der Waals surface area contributed by atoms with E-state index in [1.165, 1.54) is 54.6 Å². The number of hydrogen-bond donors (Lipinski definition) is 0. The summed E-state index contributed by atoms with van der Waals surface area (Å²) < 4.78 is 1.23. The van der Waals surface area contributed by atoms with Gasteiger partial charge in [-0.05, 0) is 37.0 Å². The number of para-hydroxylation sites is 1. The number of likely N-dealkylation sites (N-methyl/N-ethyl adjacent to an activating group) is 1. The number of anilines is 1. The van der Waals surface area contributed by atoms with Gasteiger partial charge < -0.3 is 26.4 Å². The summed E-state index contributed by atoms with van der Waals surface area (Å²) in [5, 5.41) is 0. The molecule has 2 aromatic carbocycles. The third-order valence-electron chi connectivity index (χ3n) is 5.14. The van der Waals surface area contributed by atoms with Gasteiger partial charge in [0.05, 0.1) is 33.2 Å². The number of hydrogen-bond acceptors (Lipinski definition) is 1. The van der Waals surface area contributed by atoms with Crippen molar-refractivity contribution >= 4 is 5.69 Å². The minimum absolute atomic E-state index is 0. The Kier molecular flexibility index (Phi) is 7.32. The molecule has 2 nitrogen and oxygen atoms in total. The summed E-state index contributed by atoms with van der Waals surface area (Å²) in [4.78, 5) is 2.54. The molecule has 0 unspecified atom stereocenters. The van der Waals surface area contributed by atoms with Crippen LogP contribution in [0.3, 0.4) is 0 Å². The molecule has 0 radical (unpaired) electrons. The van der Waals surface area contributed by atoms with Crippen molar-refractivity contribution in [1.29, 1.82) is 0 Å². The summed E-state index contributed by atoms with van der Waals surface area (Å²) in [5.41, 5.74) is 2.72. The highest BCUT2D eigenvalue weighted by Crippen LogP contribution is 2.20. The van der Waals surface area contributed by atoms with Gasteiger partial charge in [-0.2, -0.15) is 0 Å². The smallest absolute Gasteiger partial charge is 0.0962 e. The van der Waals surface area contributed by atoms with Gasteiger partial charge in [0.25, 0.3) is 0 Å². The van der Waals surface area contributed by atoms with Crippen molar-refractivity contribution in [2.75, 3.05) is 38.1 Å². The fourth-order valence-corrected chi connectivity index (χ4v) is 3.60. The number of piperidine rings is 1. The van der Waals surface area contributed by atoms with Crippen molar-refractivity contribution in [1.82, 2.24) is 0 Å². The third kappa shape index (κ3) is 5.35.